The molecule has 1 aliphatic rings. The van der Waals surface area contributed by atoms with E-state index in [2.05, 4.69) is 12.0 Å². The van der Waals surface area contributed by atoms with Crippen LogP contribution in [0.1, 0.15) is 51.1 Å². The van der Waals surface area contributed by atoms with Crippen LogP contribution in [0.4, 0.5) is 0 Å². The lowest BCUT2D eigenvalue weighted by Crippen LogP contribution is -2.36. The molecule has 1 fully saturated rings. The maximum absolute atomic E-state index is 11.7. The molecule has 0 spiro atoms. The van der Waals surface area contributed by atoms with Crippen LogP contribution >= 0.6 is 0 Å². The number of rotatable bonds is 5. The summed E-state index contributed by atoms with van der Waals surface area (Å²) in [6, 6.07) is 1.98. The monoisotopic (exact) mass is 264 g/mol. The van der Waals surface area contributed by atoms with Crippen LogP contribution < -0.4 is 0 Å². The highest BCUT2D eigenvalue weighted by Gasteiger charge is 2.41. The number of hydrogen-bond donors (Lipinski definition) is 1. The molecule has 0 aromatic carbocycles. The summed E-state index contributed by atoms with van der Waals surface area (Å²) in [5.74, 6) is 0.119. The smallest absolute Gasteiger partial charge is 0.309 e. The minimum absolute atomic E-state index is 0.504. The van der Waals surface area contributed by atoms with E-state index in [1.54, 1.807) is 6.20 Å². The standard InChI is InChI=1S/C15H24N2O2/c1-3-12-4-8-15(9-5-12,14(18)19)10-6-13-7-11-16-17(13)2/h7,11-12H,3-6,8-10H2,1-2H3,(H,18,19). The first-order chi connectivity index (χ1) is 9.07. The van der Waals surface area contributed by atoms with Crippen molar-refractivity contribution in [2.24, 2.45) is 18.4 Å². The van der Waals surface area contributed by atoms with E-state index < -0.39 is 11.4 Å². The van der Waals surface area contributed by atoms with Gasteiger partial charge >= 0.3 is 5.97 Å². The number of carboxylic acids is 1. The molecule has 0 radical (unpaired) electrons. The van der Waals surface area contributed by atoms with E-state index in [0.717, 1.165) is 50.1 Å². The molecule has 2 rings (SSSR count). The van der Waals surface area contributed by atoms with Crippen LogP contribution in [0.25, 0.3) is 0 Å². The van der Waals surface area contributed by atoms with E-state index in [0.29, 0.717) is 0 Å². The van der Waals surface area contributed by atoms with Gasteiger partial charge in [0.25, 0.3) is 0 Å². The van der Waals surface area contributed by atoms with Crippen molar-refractivity contribution in [2.45, 2.75) is 51.9 Å². The van der Waals surface area contributed by atoms with Crippen LogP contribution in [0.3, 0.4) is 0 Å². The molecule has 1 aromatic heterocycles. The number of hydrogen-bond acceptors (Lipinski definition) is 2. The highest BCUT2D eigenvalue weighted by molar-refractivity contribution is 5.74. The average molecular weight is 264 g/mol. The lowest BCUT2D eigenvalue weighted by Gasteiger charge is -2.36. The van der Waals surface area contributed by atoms with Crippen LogP contribution in [-0.4, -0.2) is 20.9 Å². The molecule has 4 nitrogen and oxygen atoms in total. The van der Waals surface area contributed by atoms with Crippen molar-refractivity contribution < 1.29 is 9.90 Å². The van der Waals surface area contributed by atoms with E-state index in [1.165, 1.54) is 6.42 Å². The number of aromatic nitrogens is 2. The SMILES string of the molecule is CCC1CCC(CCc2ccnn2C)(C(=O)O)CC1. The van der Waals surface area contributed by atoms with Gasteiger partial charge in [-0.1, -0.05) is 13.3 Å². The van der Waals surface area contributed by atoms with Gasteiger partial charge in [-0.25, -0.2) is 0 Å². The van der Waals surface area contributed by atoms with Crippen molar-refractivity contribution in [2.75, 3.05) is 0 Å². The molecule has 1 saturated carbocycles. The first-order valence-electron chi connectivity index (χ1n) is 7.27. The molecule has 1 aromatic rings. The summed E-state index contributed by atoms with van der Waals surface area (Å²) >= 11 is 0. The Morgan fingerprint density at radius 3 is 2.68 bits per heavy atom. The van der Waals surface area contributed by atoms with Crippen LogP contribution in [0, 0.1) is 11.3 Å². The molecule has 0 atom stereocenters. The molecular formula is C15H24N2O2. The average Bonchev–Trinajstić information content (AvgIpc) is 2.82. The summed E-state index contributed by atoms with van der Waals surface area (Å²) in [5, 5.41) is 13.8. The van der Waals surface area contributed by atoms with E-state index >= 15 is 0 Å². The molecule has 0 bridgehead atoms. The second-order valence-corrected chi connectivity index (χ2v) is 5.88. The fourth-order valence-electron chi connectivity index (χ4n) is 3.22. The maximum Gasteiger partial charge on any atom is 0.309 e. The Hall–Kier alpha value is -1.32. The normalized spacial score (nSPS) is 27.4. The van der Waals surface area contributed by atoms with Gasteiger partial charge in [0, 0.05) is 18.9 Å². The van der Waals surface area contributed by atoms with Crippen LogP contribution in [0.15, 0.2) is 12.3 Å². The Balaban J connectivity index is 2.01. The van der Waals surface area contributed by atoms with Gasteiger partial charge in [0.05, 0.1) is 5.41 Å². The fraction of sp³-hybridized carbons (Fsp3) is 0.733. The predicted octanol–water partition coefficient (Wildman–Crippen LogP) is 3.02. The van der Waals surface area contributed by atoms with Crippen molar-refractivity contribution in [3.63, 3.8) is 0 Å². The van der Waals surface area contributed by atoms with Crippen LogP contribution in [-0.2, 0) is 18.3 Å². The highest BCUT2D eigenvalue weighted by atomic mass is 16.4. The van der Waals surface area contributed by atoms with E-state index in [-0.39, 0.29) is 0 Å². The summed E-state index contributed by atoms with van der Waals surface area (Å²) in [6.07, 6.45) is 8.28. The molecule has 4 heteroatoms. The minimum Gasteiger partial charge on any atom is -0.481 e. The van der Waals surface area contributed by atoms with Gasteiger partial charge in [0.1, 0.15) is 0 Å². The molecule has 0 aliphatic heterocycles. The van der Waals surface area contributed by atoms with E-state index in [1.807, 2.05) is 17.8 Å². The van der Waals surface area contributed by atoms with Gasteiger partial charge < -0.3 is 5.11 Å². The van der Waals surface area contributed by atoms with Crippen molar-refractivity contribution in [1.82, 2.24) is 9.78 Å². The molecule has 1 N–H and O–H groups in total. The number of aryl methyl sites for hydroxylation is 2. The quantitative estimate of drug-likeness (QED) is 0.889. The summed E-state index contributed by atoms with van der Waals surface area (Å²) < 4.78 is 1.84. The predicted molar refractivity (Wildman–Crippen MR) is 73.8 cm³/mol. The summed E-state index contributed by atoms with van der Waals surface area (Å²) in [7, 11) is 1.91. The summed E-state index contributed by atoms with van der Waals surface area (Å²) in [5.41, 5.74) is 0.619. The van der Waals surface area contributed by atoms with Crippen LogP contribution in [0.5, 0.6) is 0 Å². The second-order valence-electron chi connectivity index (χ2n) is 5.88. The van der Waals surface area contributed by atoms with Crippen molar-refractivity contribution in [3.05, 3.63) is 18.0 Å². The van der Waals surface area contributed by atoms with Gasteiger partial charge in [-0.15, -0.1) is 0 Å². The Morgan fingerprint density at radius 1 is 1.53 bits per heavy atom. The third-order valence-electron chi connectivity index (χ3n) is 4.88. The largest absolute Gasteiger partial charge is 0.481 e. The first kappa shape index (κ1) is 14.1. The molecule has 0 unspecified atom stereocenters. The lowest BCUT2D eigenvalue weighted by molar-refractivity contribution is -0.152. The van der Waals surface area contributed by atoms with Gasteiger partial charge in [-0.3, -0.25) is 9.48 Å². The Kier molecular flexibility index (Phi) is 4.27. The van der Waals surface area contributed by atoms with Gasteiger partial charge in [-0.05, 0) is 50.5 Å². The molecular weight excluding hydrogens is 240 g/mol. The van der Waals surface area contributed by atoms with E-state index in [4.69, 9.17) is 0 Å². The number of carbonyl (C=O) groups is 1. The van der Waals surface area contributed by atoms with Crippen molar-refractivity contribution >= 4 is 5.97 Å². The fourth-order valence-corrected chi connectivity index (χ4v) is 3.22. The topological polar surface area (TPSA) is 55.1 Å². The second kappa shape index (κ2) is 5.76. The van der Waals surface area contributed by atoms with Crippen molar-refractivity contribution in [3.8, 4) is 0 Å². The minimum atomic E-state index is -0.607. The molecule has 1 aliphatic carbocycles. The zero-order chi connectivity index (χ0) is 13.9. The summed E-state index contributed by atoms with van der Waals surface area (Å²) in [6.45, 7) is 2.20. The third kappa shape index (κ3) is 2.99. The maximum atomic E-state index is 11.7. The molecule has 19 heavy (non-hydrogen) atoms. The molecule has 1 heterocycles. The first-order valence-corrected chi connectivity index (χ1v) is 7.27. The van der Waals surface area contributed by atoms with Gasteiger partial charge in [0.2, 0.25) is 0 Å². The zero-order valence-corrected chi connectivity index (χ0v) is 11.9. The summed E-state index contributed by atoms with van der Waals surface area (Å²) in [4.78, 5) is 11.7. The molecule has 0 saturated heterocycles. The Labute approximate surface area is 114 Å². The Morgan fingerprint density at radius 2 is 2.21 bits per heavy atom. The Bertz CT molecular complexity index is 431. The lowest BCUT2D eigenvalue weighted by atomic mass is 9.67. The van der Waals surface area contributed by atoms with Crippen molar-refractivity contribution in [1.29, 1.82) is 0 Å². The molecule has 0 amide bonds. The molecule has 106 valence electrons. The number of nitrogens with zero attached hydrogens (tertiary/aromatic N) is 2. The van der Waals surface area contributed by atoms with Crippen LogP contribution in [0.2, 0.25) is 0 Å². The number of carboxylic acid groups (broad SMARTS) is 1. The van der Waals surface area contributed by atoms with E-state index in [9.17, 15) is 9.90 Å². The third-order valence-corrected chi connectivity index (χ3v) is 4.88. The zero-order valence-electron chi connectivity index (χ0n) is 11.9. The number of aliphatic carboxylic acids is 1. The van der Waals surface area contributed by atoms with Gasteiger partial charge in [-0.2, -0.15) is 5.10 Å². The van der Waals surface area contributed by atoms with Gasteiger partial charge in [0.15, 0.2) is 0 Å². The highest BCUT2D eigenvalue weighted by Crippen LogP contribution is 2.43.